The second-order valence-electron chi connectivity index (χ2n) is 5.32. The minimum atomic E-state index is -0.433. The summed E-state index contributed by atoms with van der Waals surface area (Å²) in [7, 11) is 0. The number of hydrogen-bond acceptors (Lipinski definition) is 3. The quantitative estimate of drug-likeness (QED) is 0.897. The third-order valence-corrected chi connectivity index (χ3v) is 3.17. The number of benzene rings is 1. The molecule has 0 bridgehead atoms. The summed E-state index contributed by atoms with van der Waals surface area (Å²) in [6.45, 7) is 4.13. The molecule has 3 N–H and O–H groups in total. The molecule has 2 rings (SSSR count). The first kappa shape index (κ1) is 14.7. The van der Waals surface area contributed by atoms with Crippen LogP contribution in [0.25, 0.3) is 5.69 Å². The van der Waals surface area contributed by atoms with Crippen LogP contribution < -0.4 is 11.1 Å². The predicted octanol–water partition coefficient (Wildman–Crippen LogP) is 2.10. The Morgan fingerprint density at radius 1 is 1.40 bits per heavy atom. The maximum Gasteiger partial charge on any atom is 0.254 e. The number of aromatic nitrogens is 2. The highest BCUT2D eigenvalue weighted by molar-refractivity contribution is 9.10. The number of nitrogens with zero attached hydrogens (tertiary/aromatic N) is 2. The molecule has 0 aliphatic carbocycles. The highest BCUT2D eigenvalue weighted by Crippen LogP contribution is 2.14. The van der Waals surface area contributed by atoms with E-state index in [0.717, 1.165) is 10.2 Å². The zero-order valence-corrected chi connectivity index (χ0v) is 13.0. The van der Waals surface area contributed by atoms with Crippen molar-refractivity contribution in [2.75, 3.05) is 6.54 Å². The van der Waals surface area contributed by atoms with Crippen LogP contribution in [0.1, 0.15) is 24.2 Å². The molecule has 1 amide bonds. The van der Waals surface area contributed by atoms with E-state index in [4.69, 9.17) is 5.73 Å². The van der Waals surface area contributed by atoms with E-state index in [1.54, 1.807) is 17.1 Å². The van der Waals surface area contributed by atoms with E-state index < -0.39 is 5.54 Å². The first-order chi connectivity index (χ1) is 9.35. The number of nitrogens with one attached hydrogen (secondary N) is 1. The van der Waals surface area contributed by atoms with Crippen LogP contribution in [-0.2, 0) is 0 Å². The third-order valence-electron chi connectivity index (χ3n) is 2.64. The Kier molecular flexibility index (Phi) is 4.25. The predicted molar refractivity (Wildman–Crippen MR) is 81.9 cm³/mol. The lowest BCUT2D eigenvalue weighted by atomic mass is 10.1. The fourth-order valence-corrected chi connectivity index (χ4v) is 1.85. The van der Waals surface area contributed by atoms with Gasteiger partial charge in [0.1, 0.15) is 0 Å². The van der Waals surface area contributed by atoms with E-state index in [9.17, 15) is 4.79 Å². The highest BCUT2D eigenvalue weighted by atomic mass is 79.9. The molecule has 0 saturated heterocycles. The number of amides is 1. The van der Waals surface area contributed by atoms with Crippen molar-refractivity contribution in [2.45, 2.75) is 19.4 Å². The van der Waals surface area contributed by atoms with Crippen LogP contribution in [-0.4, -0.2) is 27.8 Å². The molecule has 5 nitrogen and oxygen atoms in total. The summed E-state index contributed by atoms with van der Waals surface area (Å²) < 4.78 is 2.66. The SMILES string of the molecule is CC(C)(N)CNC(=O)c1cnn(-c2ccc(Br)cc2)c1. The first-order valence-corrected chi connectivity index (χ1v) is 7.02. The molecule has 0 spiro atoms. The summed E-state index contributed by atoms with van der Waals surface area (Å²) >= 11 is 3.38. The van der Waals surface area contributed by atoms with Gasteiger partial charge >= 0.3 is 0 Å². The average Bonchev–Trinajstić information content (AvgIpc) is 2.85. The molecular weight excluding hydrogens is 320 g/mol. The minimum absolute atomic E-state index is 0.174. The van der Waals surface area contributed by atoms with Crippen molar-refractivity contribution in [3.8, 4) is 5.69 Å². The Morgan fingerprint density at radius 2 is 2.05 bits per heavy atom. The molecular formula is C14H17BrN4O. The van der Waals surface area contributed by atoms with Crippen molar-refractivity contribution in [3.05, 3.63) is 46.7 Å². The topological polar surface area (TPSA) is 72.9 Å². The third kappa shape index (κ3) is 3.91. The molecule has 1 aromatic heterocycles. The Hall–Kier alpha value is -1.66. The van der Waals surface area contributed by atoms with Crippen molar-refractivity contribution in [3.63, 3.8) is 0 Å². The Morgan fingerprint density at radius 3 is 2.65 bits per heavy atom. The number of carbonyl (C=O) groups excluding carboxylic acids is 1. The highest BCUT2D eigenvalue weighted by Gasteiger charge is 2.14. The molecule has 1 aromatic carbocycles. The summed E-state index contributed by atoms with van der Waals surface area (Å²) in [6, 6.07) is 7.69. The largest absolute Gasteiger partial charge is 0.350 e. The fourth-order valence-electron chi connectivity index (χ4n) is 1.59. The molecule has 0 atom stereocenters. The summed E-state index contributed by atoms with van der Waals surface area (Å²) in [5.41, 5.74) is 6.81. The summed E-state index contributed by atoms with van der Waals surface area (Å²) in [5, 5.41) is 6.98. The van der Waals surface area contributed by atoms with Gasteiger partial charge in [-0.3, -0.25) is 4.79 Å². The molecule has 20 heavy (non-hydrogen) atoms. The van der Waals surface area contributed by atoms with E-state index in [1.807, 2.05) is 38.1 Å². The molecule has 0 radical (unpaired) electrons. The van der Waals surface area contributed by atoms with Crippen LogP contribution in [0.2, 0.25) is 0 Å². The van der Waals surface area contributed by atoms with E-state index in [-0.39, 0.29) is 5.91 Å². The maximum absolute atomic E-state index is 12.0. The van der Waals surface area contributed by atoms with Crippen LogP contribution in [0.5, 0.6) is 0 Å². The van der Waals surface area contributed by atoms with Gasteiger partial charge in [-0.05, 0) is 38.1 Å². The number of nitrogens with two attached hydrogens (primary N) is 1. The minimum Gasteiger partial charge on any atom is -0.350 e. The van der Waals surface area contributed by atoms with Gasteiger partial charge in [-0.2, -0.15) is 5.10 Å². The van der Waals surface area contributed by atoms with Crippen molar-refractivity contribution in [2.24, 2.45) is 5.73 Å². The van der Waals surface area contributed by atoms with Gasteiger partial charge in [0, 0.05) is 22.8 Å². The van der Waals surface area contributed by atoms with Gasteiger partial charge in [0.2, 0.25) is 0 Å². The summed E-state index contributed by atoms with van der Waals surface area (Å²) in [5.74, 6) is -0.174. The van der Waals surface area contributed by atoms with Crippen LogP contribution in [0.4, 0.5) is 0 Å². The van der Waals surface area contributed by atoms with Crippen molar-refractivity contribution >= 4 is 21.8 Å². The van der Waals surface area contributed by atoms with Gasteiger partial charge in [-0.15, -0.1) is 0 Å². The van der Waals surface area contributed by atoms with Crippen molar-refractivity contribution in [1.29, 1.82) is 0 Å². The van der Waals surface area contributed by atoms with E-state index in [1.165, 1.54) is 0 Å². The zero-order valence-electron chi connectivity index (χ0n) is 11.4. The first-order valence-electron chi connectivity index (χ1n) is 6.23. The Labute approximate surface area is 126 Å². The Bertz CT molecular complexity index is 598. The van der Waals surface area contributed by atoms with E-state index in [2.05, 4.69) is 26.3 Å². The monoisotopic (exact) mass is 336 g/mol. The molecule has 1 heterocycles. The van der Waals surface area contributed by atoms with Crippen molar-refractivity contribution in [1.82, 2.24) is 15.1 Å². The van der Waals surface area contributed by atoms with E-state index in [0.29, 0.717) is 12.1 Å². The van der Waals surface area contributed by atoms with Crippen LogP contribution in [0, 0.1) is 0 Å². The van der Waals surface area contributed by atoms with Gasteiger partial charge in [0.25, 0.3) is 5.91 Å². The lowest BCUT2D eigenvalue weighted by Gasteiger charge is -2.18. The van der Waals surface area contributed by atoms with Gasteiger partial charge in [-0.1, -0.05) is 15.9 Å². The van der Waals surface area contributed by atoms with Gasteiger partial charge in [0.15, 0.2) is 0 Å². The average molecular weight is 337 g/mol. The fraction of sp³-hybridized carbons (Fsp3) is 0.286. The van der Waals surface area contributed by atoms with Crippen LogP contribution in [0.15, 0.2) is 41.1 Å². The lowest BCUT2D eigenvalue weighted by molar-refractivity contribution is 0.0946. The van der Waals surface area contributed by atoms with Crippen LogP contribution >= 0.6 is 15.9 Å². The van der Waals surface area contributed by atoms with Gasteiger partial charge < -0.3 is 11.1 Å². The van der Waals surface area contributed by atoms with Gasteiger partial charge in [0.05, 0.1) is 17.4 Å². The second-order valence-corrected chi connectivity index (χ2v) is 6.24. The molecule has 0 saturated carbocycles. The molecule has 0 aliphatic rings. The number of rotatable bonds is 4. The van der Waals surface area contributed by atoms with Gasteiger partial charge in [-0.25, -0.2) is 4.68 Å². The molecule has 0 aliphatic heterocycles. The standard InChI is InChI=1S/C14H17BrN4O/c1-14(2,16)9-17-13(20)10-7-18-19(8-10)12-5-3-11(15)4-6-12/h3-8H,9,16H2,1-2H3,(H,17,20). The smallest absolute Gasteiger partial charge is 0.254 e. The number of halogens is 1. The molecule has 106 valence electrons. The van der Waals surface area contributed by atoms with E-state index >= 15 is 0 Å². The number of hydrogen-bond donors (Lipinski definition) is 2. The maximum atomic E-state index is 12.0. The van der Waals surface area contributed by atoms with Crippen LogP contribution in [0.3, 0.4) is 0 Å². The molecule has 2 aromatic rings. The summed E-state index contributed by atoms with van der Waals surface area (Å²) in [6.07, 6.45) is 3.24. The lowest BCUT2D eigenvalue weighted by Crippen LogP contribution is -2.45. The molecule has 6 heteroatoms. The normalized spacial score (nSPS) is 11.4. The van der Waals surface area contributed by atoms with Crippen molar-refractivity contribution < 1.29 is 4.79 Å². The second kappa shape index (κ2) is 5.76. The summed E-state index contributed by atoms with van der Waals surface area (Å²) in [4.78, 5) is 12.0. The molecule has 0 unspecified atom stereocenters. The zero-order chi connectivity index (χ0) is 14.8. The molecule has 0 fully saturated rings. The Balaban J connectivity index is 2.09. The number of carbonyl (C=O) groups is 1.